The van der Waals surface area contributed by atoms with Gasteiger partial charge in [-0.3, -0.25) is 0 Å². The first-order valence-corrected chi connectivity index (χ1v) is 13.1. The molecule has 1 atom stereocenters. The van der Waals surface area contributed by atoms with Crippen LogP contribution in [0, 0.1) is 5.92 Å². The maximum absolute atomic E-state index is 13.7. The maximum atomic E-state index is 13.7. The quantitative estimate of drug-likeness (QED) is 0.299. The number of esters is 1. The Kier molecular flexibility index (Phi) is 5.74. The largest absolute Gasteiger partial charge is 0.453 e. The minimum absolute atomic E-state index is 0.122. The maximum Gasteiger partial charge on any atom is 0.348 e. The highest BCUT2D eigenvalue weighted by Gasteiger charge is 2.53. The number of piperidine rings is 3. The minimum atomic E-state index is -1.74. The normalized spacial score (nSPS) is 25.6. The van der Waals surface area contributed by atoms with E-state index in [-0.39, 0.29) is 6.10 Å². The average molecular weight is 469 g/mol. The van der Waals surface area contributed by atoms with Crippen molar-refractivity contribution in [2.45, 2.75) is 43.8 Å². The molecule has 3 aliphatic heterocycles. The zero-order valence-corrected chi connectivity index (χ0v) is 20.2. The number of rotatable bonds is 7. The van der Waals surface area contributed by atoms with Gasteiger partial charge in [-0.05, 0) is 36.0 Å². The first kappa shape index (κ1) is 22.5. The Morgan fingerprint density at radius 3 is 2.11 bits per heavy atom. The lowest BCUT2D eigenvalue weighted by Gasteiger charge is -2.52. The van der Waals surface area contributed by atoms with E-state index in [0.717, 1.165) is 48.0 Å². The summed E-state index contributed by atoms with van der Waals surface area (Å²) in [5.41, 5.74) is 2.77. The van der Waals surface area contributed by atoms with E-state index in [4.69, 9.17) is 4.74 Å². The Bertz CT molecular complexity index is 1170. The summed E-state index contributed by atoms with van der Waals surface area (Å²) in [6.07, 6.45) is 5.57. The summed E-state index contributed by atoms with van der Waals surface area (Å²) in [7, 11) is 0. The zero-order valence-electron chi connectivity index (χ0n) is 20.2. The smallest absolute Gasteiger partial charge is 0.348 e. The number of nitrogens with zero attached hydrogens (tertiary/aromatic N) is 1. The number of carbonyl (C=O) groups is 1. The summed E-state index contributed by atoms with van der Waals surface area (Å²) in [6, 6.07) is 26.0. The number of ether oxygens (including phenoxy) is 1. The van der Waals surface area contributed by atoms with Crippen molar-refractivity contribution in [2.75, 3.05) is 26.2 Å². The van der Waals surface area contributed by atoms with Gasteiger partial charge in [0, 0.05) is 29.9 Å². The van der Waals surface area contributed by atoms with Gasteiger partial charge in [-0.1, -0.05) is 78.9 Å². The van der Waals surface area contributed by atoms with Crippen LogP contribution >= 0.6 is 0 Å². The van der Waals surface area contributed by atoms with Gasteiger partial charge in [-0.2, -0.15) is 0 Å². The molecule has 2 bridgehead atoms. The molecule has 3 saturated heterocycles. The van der Waals surface area contributed by atoms with Gasteiger partial charge in [0.05, 0.1) is 19.6 Å². The van der Waals surface area contributed by atoms with Crippen LogP contribution in [-0.4, -0.2) is 47.8 Å². The number of benzene rings is 3. The number of hydrogen-bond donors (Lipinski definition) is 1. The molecule has 3 fully saturated rings. The molecule has 4 heteroatoms. The molecule has 180 valence electrons. The summed E-state index contributed by atoms with van der Waals surface area (Å²) in [6.45, 7) is 4.38. The highest BCUT2D eigenvalue weighted by Crippen LogP contribution is 2.48. The number of quaternary nitrogens is 1. The van der Waals surface area contributed by atoms with Crippen LogP contribution in [0.3, 0.4) is 0 Å². The van der Waals surface area contributed by atoms with Crippen LogP contribution in [0.2, 0.25) is 0 Å². The van der Waals surface area contributed by atoms with Crippen molar-refractivity contribution in [3.8, 4) is 11.1 Å². The molecule has 0 spiro atoms. The summed E-state index contributed by atoms with van der Waals surface area (Å²) in [5.74, 6) is -0.116. The predicted molar refractivity (Wildman–Crippen MR) is 137 cm³/mol. The second-order valence-corrected chi connectivity index (χ2v) is 10.7. The number of aryl methyl sites for hydroxylation is 1. The number of aliphatic hydroxyl groups is 1. The lowest BCUT2D eigenvalue weighted by atomic mass is 9.82. The average Bonchev–Trinajstić information content (AvgIpc) is 3.18. The van der Waals surface area contributed by atoms with Gasteiger partial charge >= 0.3 is 5.97 Å². The Balaban J connectivity index is 1.15. The Morgan fingerprint density at radius 2 is 1.46 bits per heavy atom. The van der Waals surface area contributed by atoms with Crippen LogP contribution in [-0.2, 0) is 21.6 Å². The van der Waals surface area contributed by atoms with E-state index in [0.29, 0.717) is 17.0 Å². The third-order valence-electron chi connectivity index (χ3n) is 8.71. The lowest BCUT2D eigenvalue weighted by molar-refractivity contribution is -0.946. The molecule has 3 aromatic carbocycles. The molecule has 35 heavy (non-hydrogen) atoms. The van der Waals surface area contributed by atoms with E-state index in [1.54, 1.807) is 0 Å². The van der Waals surface area contributed by atoms with Crippen LogP contribution in [0.4, 0.5) is 0 Å². The van der Waals surface area contributed by atoms with Crippen LogP contribution in [0.1, 0.15) is 42.4 Å². The van der Waals surface area contributed by atoms with E-state index >= 15 is 0 Å². The molecule has 1 N–H and O–H groups in total. The molecule has 3 aromatic rings. The van der Waals surface area contributed by atoms with E-state index in [1.807, 2.05) is 48.5 Å². The SMILES string of the molecule is O=C(OC1C[N+]2(CCCCc3ccccc3)CCC1CC2)C1(O)c2ccccc2-c2ccccc21. The fourth-order valence-corrected chi connectivity index (χ4v) is 6.74. The molecule has 0 saturated carbocycles. The van der Waals surface area contributed by atoms with Gasteiger partial charge in [0.1, 0.15) is 6.54 Å². The summed E-state index contributed by atoms with van der Waals surface area (Å²) in [4.78, 5) is 13.7. The Hall–Kier alpha value is -2.95. The second kappa shape index (κ2) is 8.92. The van der Waals surface area contributed by atoms with Crippen LogP contribution in [0.15, 0.2) is 78.9 Å². The molecular weight excluding hydrogens is 434 g/mol. The fraction of sp³-hybridized carbons (Fsp3) is 0.387. The van der Waals surface area contributed by atoms with Gasteiger partial charge in [0.2, 0.25) is 5.60 Å². The summed E-state index contributed by atoms with van der Waals surface area (Å²) in [5, 5.41) is 11.8. The van der Waals surface area contributed by atoms with Gasteiger partial charge in [0.25, 0.3) is 0 Å². The molecule has 0 aromatic heterocycles. The van der Waals surface area contributed by atoms with Crippen molar-refractivity contribution in [1.29, 1.82) is 0 Å². The van der Waals surface area contributed by atoms with Crippen LogP contribution < -0.4 is 0 Å². The number of unbranched alkanes of at least 4 members (excludes halogenated alkanes) is 1. The number of fused-ring (bicyclic) bond motifs is 6. The van der Waals surface area contributed by atoms with Crippen molar-refractivity contribution in [3.63, 3.8) is 0 Å². The first-order valence-electron chi connectivity index (χ1n) is 13.1. The molecule has 0 radical (unpaired) electrons. The van der Waals surface area contributed by atoms with Gasteiger partial charge in [0.15, 0.2) is 6.10 Å². The highest BCUT2D eigenvalue weighted by molar-refractivity contribution is 5.96. The molecule has 0 amide bonds. The van der Waals surface area contributed by atoms with Crippen molar-refractivity contribution < 1.29 is 19.1 Å². The molecule has 1 aliphatic carbocycles. The number of hydrogen-bond acceptors (Lipinski definition) is 3. The van der Waals surface area contributed by atoms with Crippen molar-refractivity contribution in [2.24, 2.45) is 5.92 Å². The fourth-order valence-electron chi connectivity index (χ4n) is 6.74. The van der Waals surface area contributed by atoms with Gasteiger partial charge in [-0.25, -0.2) is 4.79 Å². The molecule has 4 nitrogen and oxygen atoms in total. The minimum Gasteiger partial charge on any atom is -0.453 e. The third kappa shape index (κ3) is 3.89. The van der Waals surface area contributed by atoms with E-state index in [9.17, 15) is 9.90 Å². The molecule has 4 aliphatic rings. The Labute approximate surface area is 207 Å². The second-order valence-electron chi connectivity index (χ2n) is 10.7. The van der Waals surface area contributed by atoms with Crippen molar-refractivity contribution in [3.05, 3.63) is 95.6 Å². The third-order valence-corrected chi connectivity index (χ3v) is 8.71. The lowest BCUT2D eigenvalue weighted by Crippen LogP contribution is -2.65. The highest BCUT2D eigenvalue weighted by atomic mass is 16.6. The van der Waals surface area contributed by atoms with Crippen LogP contribution in [0.5, 0.6) is 0 Å². The van der Waals surface area contributed by atoms with E-state index in [1.165, 1.54) is 31.5 Å². The van der Waals surface area contributed by atoms with Crippen molar-refractivity contribution >= 4 is 5.97 Å². The standard InChI is InChI=1S/C31H34NO3/c33-30(31(34)27-15-6-4-13-25(27)26-14-5-7-16-28(26)31)35-29-22-32(20-17-24(29)18-21-32)19-9-8-12-23-10-2-1-3-11-23/h1-7,10-11,13-16,24,29,34H,8-9,12,17-22H2/q+1. The topological polar surface area (TPSA) is 46.5 Å². The Morgan fingerprint density at radius 1 is 0.857 bits per heavy atom. The monoisotopic (exact) mass is 468 g/mol. The first-order chi connectivity index (χ1) is 17.1. The molecule has 1 unspecified atom stereocenters. The summed E-state index contributed by atoms with van der Waals surface area (Å²) >= 11 is 0. The predicted octanol–water partition coefficient (Wildman–Crippen LogP) is 5.08. The molecular formula is C31H34NO3+. The van der Waals surface area contributed by atoms with Gasteiger partial charge in [-0.15, -0.1) is 0 Å². The van der Waals surface area contributed by atoms with Crippen LogP contribution in [0.25, 0.3) is 11.1 Å². The van der Waals surface area contributed by atoms with E-state index < -0.39 is 11.6 Å². The van der Waals surface area contributed by atoms with Crippen molar-refractivity contribution in [1.82, 2.24) is 0 Å². The zero-order chi connectivity index (χ0) is 23.9. The van der Waals surface area contributed by atoms with Gasteiger partial charge < -0.3 is 14.3 Å². The number of carbonyl (C=O) groups excluding carboxylic acids is 1. The van der Waals surface area contributed by atoms with E-state index in [2.05, 4.69) is 30.3 Å². The molecule has 3 heterocycles. The molecule has 7 rings (SSSR count). The summed E-state index contributed by atoms with van der Waals surface area (Å²) < 4.78 is 7.27.